The predicted octanol–water partition coefficient (Wildman–Crippen LogP) is 0.122. The third-order valence-corrected chi connectivity index (χ3v) is 1.99. The van der Waals surface area contributed by atoms with Gasteiger partial charge in [-0.1, -0.05) is 6.58 Å². The Morgan fingerprint density at radius 2 is 2.45 bits per heavy atom. The molecule has 62 valence electrons. The molecule has 0 aliphatic carbocycles. The summed E-state index contributed by atoms with van der Waals surface area (Å²) in [5.74, 6) is -0.0147. The second kappa shape index (κ2) is 2.66. The molecule has 2 N–H and O–H groups in total. The van der Waals surface area contributed by atoms with Crippen molar-refractivity contribution in [3.05, 3.63) is 12.7 Å². The lowest BCUT2D eigenvalue weighted by Crippen LogP contribution is -2.40. The molecule has 0 aromatic rings. The van der Waals surface area contributed by atoms with E-state index >= 15 is 0 Å². The van der Waals surface area contributed by atoms with Gasteiger partial charge in [-0.25, -0.2) is 0 Å². The predicted molar refractivity (Wildman–Crippen MR) is 44.0 cm³/mol. The molecule has 1 aliphatic rings. The maximum absolute atomic E-state index is 11.1. The zero-order valence-electron chi connectivity index (χ0n) is 6.84. The molecule has 0 aromatic carbocycles. The molecule has 0 bridgehead atoms. The maximum atomic E-state index is 11.1. The van der Waals surface area contributed by atoms with Crippen LogP contribution in [0.25, 0.3) is 0 Å². The van der Waals surface area contributed by atoms with Crippen LogP contribution in [0.4, 0.5) is 0 Å². The number of nitrogens with zero attached hydrogens (tertiary/aromatic N) is 1. The average Bonchev–Trinajstić information content (AvgIpc) is 2.29. The largest absolute Gasteiger partial charge is 0.337 e. The Balaban J connectivity index is 2.54. The number of likely N-dealkylation sites (tertiary alicyclic amines) is 1. The van der Waals surface area contributed by atoms with Gasteiger partial charge in [0, 0.05) is 18.6 Å². The van der Waals surface area contributed by atoms with Gasteiger partial charge in [0.25, 0.3) is 0 Å². The zero-order chi connectivity index (χ0) is 8.48. The van der Waals surface area contributed by atoms with E-state index < -0.39 is 0 Å². The summed E-state index contributed by atoms with van der Waals surface area (Å²) in [6, 6.07) is 0. The molecule has 1 atom stereocenters. The third-order valence-electron chi connectivity index (χ3n) is 1.99. The van der Waals surface area contributed by atoms with Crippen molar-refractivity contribution < 1.29 is 4.79 Å². The fraction of sp³-hybridized carbons (Fsp3) is 0.625. The SMILES string of the molecule is C=CC(=O)N1CCC(C)(N)C1. The van der Waals surface area contributed by atoms with Crippen molar-refractivity contribution in [3.8, 4) is 0 Å². The Morgan fingerprint density at radius 3 is 2.82 bits per heavy atom. The lowest BCUT2D eigenvalue weighted by molar-refractivity contribution is -0.125. The van der Waals surface area contributed by atoms with Gasteiger partial charge >= 0.3 is 0 Å². The summed E-state index contributed by atoms with van der Waals surface area (Å²) in [5, 5.41) is 0. The first-order chi connectivity index (χ1) is 5.05. The van der Waals surface area contributed by atoms with Crippen LogP contribution in [0.3, 0.4) is 0 Å². The van der Waals surface area contributed by atoms with E-state index in [2.05, 4.69) is 6.58 Å². The Kier molecular flexibility index (Phi) is 2.00. The molecule has 1 rings (SSSR count). The summed E-state index contributed by atoms with van der Waals surface area (Å²) in [6.07, 6.45) is 2.22. The van der Waals surface area contributed by atoms with Crippen LogP contribution in [0.15, 0.2) is 12.7 Å². The minimum absolute atomic E-state index is 0.0147. The summed E-state index contributed by atoms with van der Waals surface area (Å²) in [5.41, 5.74) is 5.64. The second-order valence-electron chi connectivity index (χ2n) is 3.37. The fourth-order valence-electron chi connectivity index (χ4n) is 1.30. The Labute approximate surface area is 66.9 Å². The molecule has 11 heavy (non-hydrogen) atoms. The Bertz CT molecular complexity index is 187. The van der Waals surface area contributed by atoms with Gasteiger partial charge in [0.15, 0.2) is 0 Å². The van der Waals surface area contributed by atoms with Gasteiger partial charge in [-0.3, -0.25) is 4.79 Å². The molecule has 0 saturated carbocycles. The van der Waals surface area contributed by atoms with Gasteiger partial charge in [0.1, 0.15) is 0 Å². The summed E-state index contributed by atoms with van der Waals surface area (Å²) >= 11 is 0. The summed E-state index contributed by atoms with van der Waals surface area (Å²) in [7, 11) is 0. The van der Waals surface area contributed by atoms with Crippen LogP contribution in [0.2, 0.25) is 0 Å². The highest BCUT2D eigenvalue weighted by molar-refractivity contribution is 5.87. The molecular formula is C8H14N2O. The van der Waals surface area contributed by atoms with Crippen LogP contribution >= 0.6 is 0 Å². The Hall–Kier alpha value is -0.830. The fourth-order valence-corrected chi connectivity index (χ4v) is 1.30. The zero-order valence-corrected chi connectivity index (χ0v) is 6.84. The molecule has 0 aromatic heterocycles. The second-order valence-corrected chi connectivity index (χ2v) is 3.37. The first-order valence-corrected chi connectivity index (χ1v) is 3.75. The number of hydrogen-bond donors (Lipinski definition) is 1. The van der Waals surface area contributed by atoms with Crippen LogP contribution in [0.1, 0.15) is 13.3 Å². The molecule has 0 spiro atoms. The molecule has 1 unspecified atom stereocenters. The molecule has 1 amide bonds. The molecular weight excluding hydrogens is 140 g/mol. The smallest absolute Gasteiger partial charge is 0.246 e. The quantitative estimate of drug-likeness (QED) is 0.545. The van der Waals surface area contributed by atoms with Gasteiger partial charge < -0.3 is 10.6 Å². The van der Waals surface area contributed by atoms with Crippen LogP contribution in [-0.4, -0.2) is 29.4 Å². The summed E-state index contributed by atoms with van der Waals surface area (Å²) < 4.78 is 0. The van der Waals surface area contributed by atoms with Crippen molar-refractivity contribution in [1.82, 2.24) is 4.90 Å². The number of amides is 1. The molecule has 0 radical (unpaired) electrons. The average molecular weight is 154 g/mol. The Morgan fingerprint density at radius 1 is 1.82 bits per heavy atom. The van der Waals surface area contributed by atoms with Crippen LogP contribution in [0, 0.1) is 0 Å². The van der Waals surface area contributed by atoms with Crippen molar-refractivity contribution in [2.75, 3.05) is 13.1 Å². The summed E-state index contributed by atoms with van der Waals surface area (Å²) in [6.45, 7) is 6.80. The molecule has 1 fully saturated rings. The number of rotatable bonds is 1. The minimum atomic E-state index is -0.196. The van der Waals surface area contributed by atoms with Crippen LogP contribution < -0.4 is 5.73 Å². The molecule has 1 aliphatic heterocycles. The first-order valence-electron chi connectivity index (χ1n) is 3.75. The van der Waals surface area contributed by atoms with E-state index in [1.807, 2.05) is 6.92 Å². The van der Waals surface area contributed by atoms with Crippen molar-refractivity contribution in [2.45, 2.75) is 18.9 Å². The minimum Gasteiger partial charge on any atom is -0.337 e. The topological polar surface area (TPSA) is 46.3 Å². The molecule has 1 heterocycles. The van der Waals surface area contributed by atoms with Crippen LogP contribution in [0.5, 0.6) is 0 Å². The number of nitrogens with two attached hydrogens (primary N) is 1. The van der Waals surface area contributed by atoms with E-state index in [0.29, 0.717) is 6.54 Å². The molecule has 3 heteroatoms. The van der Waals surface area contributed by atoms with E-state index in [-0.39, 0.29) is 11.4 Å². The van der Waals surface area contributed by atoms with Crippen molar-refractivity contribution in [2.24, 2.45) is 5.73 Å². The van der Waals surface area contributed by atoms with Crippen molar-refractivity contribution in [1.29, 1.82) is 0 Å². The molecule has 1 saturated heterocycles. The lowest BCUT2D eigenvalue weighted by Gasteiger charge is -2.18. The highest BCUT2D eigenvalue weighted by Gasteiger charge is 2.31. The lowest BCUT2D eigenvalue weighted by atomic mass is 10.0. The van der Waals surface area contributed by atoms with Gasteiger partial charge in [-0.2, -0.15) is 0 Å². The third kappa shape index (κ3) is 1.80. The standard InChI is InChI=1S/C8H14N2O/c1-3-7(11)10-5-4-8(2,9)6-10/h3H,1,4-6,9H2,2H3. The van der Waals surface area contributed by atoms with Gasteiger partial charge in [-0.05, 0) is 19.4 Å². The van der Waals surface area contributed by atoms with Gasteiger partial charge in [-0.15, -0.1) is 0 Å². The van der Waals surface area contributed by atoms with Crippen molar-refractivity contribution in [3.63, 3.8) is 0 Å². The van der Waals surface area contributed by atoms with E-state index in [9.17, 15) is 4.79 Å². The summed E-state index contributed by atoms with van der Waals surface area (Å²) in [4.78, 5) is 12.8. The highest BCUT2D eigenvalue weighted by atomic mass is 16.2. The van der Waals surface area contributed by atoms with E-state index in [1.54, 1.807) is 4.90 Å². The van der Waals surface area contributed by atoms with Gasteiger partial charge in [0.2, 0.25) is 5.91 Å². The van der Waals surface area contributed by atoms with E-state index in [0.717, 1.165) is 13.0 Å². The normalized spacial score (nSPS) is 30.5. The van der Waals surface area contributed by atoms with Gasteiger partial charge in [0.05, 0.1) is 0 Å². The van der Waals surface area contributed by atoms with E-state index in [4.69, 9.17) is 5.73 Å². The highest BCUT2D eigenvalue weighted by Crippen LogP contribution is 2.17. The molecule has 3 nitrogen and oxygen atoms in total. The van der Waals surface area contributed by atoms with Crippen LogP contribution in [-0.2, 0) is 4.79 Å². The monoisotopic (exact) mass is 154 g/mol. The maximum Gasteiger partial charge on any atom is 0.246 e. The first kappa shape index (κ1) is 8.27. The van der Waals surface area contributed by atoms with Crippen molar-refractivity contribution >= 4 is 5.91 Å². The number of carbonyl (C=O) groups is 1. The number of hydrogen-bond acceptors (Lipinski definition) is 2. The van der Waals surface area contributed by atoms with E-state index in [1.165, 1.54) is 6.08 Å². The number of carbonyl (C=O) groups excluding carboxylic acids is 1.